The molecule has 0 spiro atoms. The molecule has 0 aliphatic rings. The molecule has 1 atom stereocenters. The SMILES string of the molecule is CC([O])c1ccc(C(Cl)(Cl)C(Cl)(Cl)Cl)cc1C(Cl)(Cl)C(Cl)(Cl)Cl. The summed E-state index contributed by atoms with van der Waals surface area (Å²) < 4.78 is -8.27. The van der Waals surface area contributed by atoms with E-state index in [1.807, 2.05) is 0 Å². The molecule has 0 bridgehead atoms. The standard InChI is InChI=1S/C12H7Cl10O/c1-5(23)7-3-2-6(9(13,14)11(17,18)19)4-8(7)10(15,16)12(20,21)22/h2-5H,1H3. The number of benzene rings is 1. The number of hydrogen-bond donors (Lipinski definition) is 0. The van der Waals surface area contributed by atoms with Crippen LogP contribution in [0.5, 0.6) is 0 Å². The molecule has 0 aliphatic heterocycles. The molecule has 1 nitrogen and oxygen atoms in total. The van der Waals surface area contributed by atoms with Crippen LogP contribution in [-0.2, 0) is 13.8 Å². The van der Waals surface area contributed by atoms with Gasteiger partial charge in [-0.15, -0.1) is 0 Å². The fourth-order valence-corrected chi connectivity index (χ4v) is 2.89. The molecular formula is C12H7Cl10O. The van der Waals surface area contributed by atoms with E-state index in [0.717, 1.165) is 0 Å². The Morgan fingerprint density at radius 1 is 0.783 bits per heavy atom. The minimum atomic E-state index is -2.15. The molecular weight excluding hydrogens is 515 g/mol. The molecule has 1 aromatic carbocycles. The average Bonchev–Trinajstić information content (AvgIpc) is 2.35. The van der Waals surface area contributed by atoms with Crippen LogP contribution in [0, 0.1) is 0 Å². The van der Waals surface area contributed by atoms with Gasteiger partial charge in [-0.1, -0.05) is 128 Å². The summed E-state index contributed by atoms with van der Waals surface area (Å²) in [4.78, 5) is 0. The molecule has 0 heterocycles. The monoisotopic (exact) mass is 517 g/mol. The fraction of sp³-hybridized carbons (Fsp3) is 0.500. The van der Waals surface area contributed by atoms with Crippen LogP contribution < -0.4 is 0 Å². The van der Waals surface area contributed by atoms with Crippen LogP contribution in [-0.4, -0.2) is 7.59 Å². The molecule has 23 heavy (non-hydrogen) atoms. The lowest BCUT2D eigenvalue weighted by Gasteiger charge is -2.33. The molecule has 0 N–H and O–H groups in total. The van der Waals surface area contributed by atoms with Crippen molar-refractivity contribution >= 4 is 116 Å². The summed E-state index contributed by atoms with van der Waals surface area (Å²) in [5, 5.41) is 11.9. The van der Waals surface area contributed by atoms with Crippen molar-refractivity contribution in [3.63, 3.8) is 0 Å². The van der Waals surface area contributed by atoms with Crippen LogP contribution in [0.25, 0.3) is 0 Å². The largest absolute Gasteiger partial charge is 0.228 e. The Hall–Kier alpha value is 2.08. The van der Waals surface area contributed by atoms with Crippen molar-refractivity contribution in [1.82, 2.24) is 0 Å². The van der Waals surface area contributed by atoms with Crippen LogP contribution in [0.1, 0.15) is 29.7 Å². The predicted molar refractivity (Wildman–Crippen MR) is 103 cm³/mol. The molecule has 0 aromatic heterocycles. The molecule has 1 unspecified atom stereocenters. The third-order valence-corrected chi connectivity index (χ3v) is 7.74. The Morgan fingerprint density at radius 3 is 1.57 bits per heavy atom. The maximum Gasteiger partial charge on any atom is 0.227 e. The lowest BCUT2D eigenvalue weighted by atomic mass is 9.96. The van der Waals surface area contributed by atoms with Gasteiger partial charge in [0.1, 0.15) is 6.10 Å². The van der Waals surface area contributed by atoms with E-state index in [9.17, 15) is 5.11 Å². The minimum Gasteiger partial charge on any atom is -0.228 e. The van der Waals surface area contributed by atoms with Gasteiger partial charge in [0.25, 0.3) is 0 Å². The second-order valence-corrected chi connectivity index (χ2v) is 11.8. The van der Waals surface area contributed by atoms with E-state index in [1.54, 1.807) is 0 Å². The zero-order chi connectivity index (χ0) is 18.4. The molecule has 0 saturated heterocycles. The van der Waals surface area contributed by atoms with Gasteiger partial charge in [-0.2, -0.15) is 0 Å². The number of alkyl halides is 10. The summed E-state index contributed by atoms with van der Waals surface area (Å²) >= 11 is 59.3. The molecule has 1 aromatic rings. The Bertz CT molecular complexity index is 570. The Balaban J connectivity index is 3.65. The van der Waals surface area contributed by atoms with Crippen molar-refractivity contribution in [3.8, 4) is 0 Å². The zero-order valence-electron chi connectivity index (χ0n) is 11.0. The van der Waals surface area contributed by atoms with E-state index in [0.29, 0.717) is 0 Å². The van der Waals surface area contributed by atoms with Gasteiger partial charge in [-0.05, 0) is 29.7 Å². The van der Waals surface area contributed by atoms with Gasteiger partial charge in [-0.25, -0.2) is 5.11 Å². The summed E-state index contributed by atoms with van der Waals surface area (Å²) in [6.45, 7) is 1.37. The highest BCUT2D eigenvalue weighted by atomic mass is 35.6. The van der Waals surface area contributed by atoms with Crippen molar-refractivity contribution in [2.24, 2.45) is 0 Å². The quantitative estimate of drug-likeness (QED) is 0.358. The summed E-state index contributed by atoms with van der Waals surface area (Å²) in [6.07, 6.45) is -1.23. The summed E-state index contributed by atoms with van der Waals surface area (Å²) in [5.74, 6) is 0. The first-order chi connectivity index (χ1) is 10.0. The Morgan fingerprint density at radius 2 is 1.22 bits per heavy atom. The Labute approximate surface area is 183 Å². The predicted octanol–water partition coefficient (Wildman–Crippen LogP) is 8.18. The van der Waals surface area contributed by atoms with E-state index in [2.05, 4.69) is 0 Å². The first-order valence-electron chi connectivity index (χ1n) is 5.73. The lowest BCUT2D eigenvalue weighted by molar-refractivity contribution is 0.105. The molecule has 11 heteroatoms. The first kappa shape index (κ1) is 23.1. The van der Waals surface area contributed by atoms with Gasteiger partial charge in [0.15, 0.2) is 8.67 Å². The molecule has 1 radical (unpaired) electrons. The van der Waals surface area contributed by atoms with E-state index < -0.39 is 22.4 Å². The summed E-state index contributed by atoms with van der Waals surface area (Å²) in [5.41, 5.74) is 0.291. The van der Waals surface area contributed by atoms with Crippen molar-refractivity contribution in [1.29, 1.82) is 0 Å². The maximum absolute atomic E-state index is 11.9. The normalized spacial score (nSPS) is 15.7. The highest BCUT2D eigenvalue weighted by molar-refractivity contribution is 6.76. The van der Waals surface area contributed by atoms with Gasteiger partial charge in [0.2, 0.25) is 7.59 Å². The van der Waals surface area contributed by atoms with Gasteiger partial charge in [0.05, 0.1) is 0 Å². The third-order valence-electron chi connectivity index (χ3n) is 2.90. The van der Waals surface area contributed by atoms with Crippen LogP contribution in [0.15, 0.2) is 18.2 Å². The van der Waals surface area contributed by atoms with Crippen molar-refractivity contribution < 1.29 is 5.11 Å². The minimum absolute atomic E-state index is 0.000702. The Kier molecular flexibility index (Phi) is 7.64. The molecule has 1 rings (SSSR count). The smallest absolute Gasteiger partial charge is 0.227 e. The zero-order valence-corrected chi connectivity index (χ0v) is 18.6. The highest BCUT2D eigenvalue weighted by Crippen LogP contribution is 2.57. The molecule has 0 fully saturated rings. The van der Waals surface area contributed by atoms with Crippen molar-refractivity contribution in [2.45, 2.75) is 29.3 Å². The summed E-state index contributed by atoms with van der Waals surface area (Å²) in [6, 6.07) is 4.05. The summed E-state index contributed by atoms with van der Waals surface area (Å²) in [7, 11) is 0. The van der Waals surface area contributed by atoms with E-state index in [4.69, 9.17) is 116 Å². The highest BCUT2D eigenvalue weighted by Gasteiger charge is 2.51. The lowest BCUT2D eigenvalue weighted by Crippen LogP contribution is -2.32. The fourth-order valence-electron chi connectivity index (χ4n) is 1.69. The van der Waals surface area contributed by atoms with E-state index >= 15 is 0 Å². The number of rotatable bonds is 3. The van der Waals surface area contributed by atoms with Gasteiger partial charge in [0, 0.05) is 0 Å². The molecule has 0 aliphatic carbocycles. The van der Waals surface area contributed by atoms with Gasteiger partial charge in [-0.3, -0.25) is 0 Å². The average molecular weight is 522 g/mol. The maximum atomic E-state index is 11.9. The van der Waals surface area contributed by atoms with Crippen LogP contribution in [0.2, 0.25) is 0 Å². The first-order valence-corrected chi connectivity index (χ1v) is 9.51. The van der Waals surface area contributed by atoms with Crippen molar-refractivity contribution in [3.05, 3.63) is 34.9 Å². The van der Waals surface area contributed by atoms with Crippen molar-refractivity contribution in [2.75, 3.05) is 0 Å². The van der Waals surface area contributed by atoms with E-state index in [-0.39, 0.29) is 16.7 Å². The van der Waals surface area contributed by atoms with Gasteiger partial charge < -0.3 is 0 Å². The topological polar surface area (TPSA) is 19.9 Å². The second kappa shape index (κ2) is 7.60. The molecule has 0 saturated carbocycles. The van der Waals surface area contributed by atoms with E-state index in [1.165, 1.54) is 25.1 Å². The van der Waals surface area contributed by atoms with Crippen LogP contribution in [0.3, 0.4) is 0 Å². The van der Waals surface area contributed by atoms with Crippen LogP contribution >= 0.6 is 116 Å². The molecule has 131 valence electrons. The number of halogens is 10. The van der Waals surface area contributed by atoms with Crippen LogP contribution in [0.4, 0.5) is 0 Å². The number of hydrogen-bond acceptors (Lipinski definition) is 0. The van der Waals surface area contributed by atoms with Gasteiger partial charge >= 0.3 is 0 Å². The molecule has 0 amide bonds. The second-order valence-electron chi connectivity index (χ2n) is 4.59. The third kappa shape index (κ3) is 4.87.